The van der Waals surface area contributed by atoms with E-state index in [4.69, 9.17) is 4.42 Å². The van der Waals surface area contributed by atoms with E-state index in [0.29, 0.717) is 5.76 Å². The summed E-state index contributed by atoms with van der Waals surface area (Å²) < 4.78 is 5.40. The van der Waals surface area contributed by atoms with Crippen molar-refractivity contribution in [1.82, 2.24) is 9.80 Å². The second-order valence-corrected chi connectivity index (χ2v) is 5.39. The van der Waals surface area contributed by atoms with Crippen molar-refractivity contribution >= 4 is 6.29 Å². The molecule has 1 aromatic heterocycles. The Kier molecular flexibility index (Phi) is 4.55. The molecular formula is C14H22N2O2. The van der Waals surface area contributed by atoms with E-state index in [1.807, 2.05) is 6.07 Å². The SMILES string of the molecule is CC(C)CN1CCN(Cc2ccc(C=O)o2)CC1. The smallest absolute Gasteiger partial charge is 0.185 e. The molecule has 0 radical (unpaired) electrons. The minimum absolute atomic E-state index is 0.420. The number of rotatable bonds is 5. The molecule has 1 saturated heterocycles. The summed E-state index contributed by atoms with van der Waals surface area (Å²) in [7, 11) is 0. The van der Waals surface area contributed by atoms with Crippen LogP contribution >= 0.6 is 0 Å². The van der Waals surface area contributed by atoms with E-state index in [1.165, 1.54) is 6.54 Å². The van der Waals surface area contributed by atoms with E-state index in [-0.39, 0.29) is 0 Å². The molecule has 2 rings (SSSR count). The van der Waals surface area contributed by atoms with Crippen molar-refractivity contribution < 1.29 is 9.21 Å². The first-order valence-electron chi connectivity index (χ1n) is 6.66. The normalized spacial score (nSPS) is 18.4. The predicted molar refractivity (Wildman–Crippen MR) is 70.7 cm³/mol. The van der Waals surface area contributed by atoms with Crippen molar-refractivity contribution in [1.29, 1.82) is 0 Å². The summed E-state index contributed by atoms with van der Waals surface area (Å²) in [6, 6.07) is 3.63. The van der Waals surface area contributed by atoms with Crippen molar-refractivity contribution in [2.75, 3.05) is 32.7 Å². The van der Waals surface area contributed by atoms with Crippen LogP contribution in [0.4, 0.5) is 0 Å². The van der Waals surface area contributed by atoms with Crippen molar-refractivity contribution in [3.63, 3.8) is 0 Å². The van der Waals surface area contributed by atoms with Gasteiger partial charge in [-0.15, -0.1) is 0 Å². The molecule has 1 aliphatic rings. The van der Waals surface area contributed by atoms with E-state index in [0.717, 1.165) is 50.7 Å². The van der Waals surface area contributed by atoms with Crippen LogP contribution in [0.3, 0.4) is 0 Å². The number of nitrogens with zero attached hydrogens (tertiary/aromatic N) is 2. The van der Waals surface area contributed by atoms with E-state index in [9.17, 15) is 4.79 Å². The maximum absolute atomic E-state index is 10.5. The highest BCUT2D eigenvalue weighted by Crippen LogP contribution is 2.12. The van der Waals surface area contributed by atoms with Gasteiger partial charge in [0.2, 0.25) is 0 Å². The molecule has 0 amide bonds. The van der Waals surface area contributed by atoms with Gasteiger partial charge in [0, 0.05) is 32.7 Å². The molecule has 1 fully saturated rings. The van der Waals surface area contributed by atoms with Crippen LogP contribution in [0.2, 0.25) is 0 Å². The van der Waals surface area contributed by atoms with Gasteiger partial charge in [-0.25, -0.2) is 0 Å². The highest BCUT2D eigenvalue weighted by atomic mass is 16.3. The molecule has 0 atom stereocenters. The molecule has 1 aromatic rings. The molecule has 0 spiro atoms. The Morgan fingerprint density at radius 2 is 1.89 bits per heavy atom. The van der Waals surface area contributed by atoms with Gasteiger partial charge in [0.05, 0.1) is 6.54 Å². The monoisotopic (exact) mass is 250 g/mol. The summed E-state index contributed by atoms with van der Waals surface area (Å²) >= 11 is 0. The summed E-state index contributed by atoms with van der Waals surface area (Å²) in [5.41, 5.74) is 0. The Balaban J connectivity index is 1.78. The molecule has 1 aliphatic heterocycles. The van der Waals surface area contributed by atoms with Gasteiger partial charge in [0.1, 0.15) is 5.76 Å². The third-order valence-electron chi connectivity index (χ3n) is 3.27. The first-order valence-corrected chi connectivity index (χ1v) is 6.66. The summed E-state index contributed by atoms with van der Waals surface area (Å²) in [6.45, 7) is 10.9. The molecule has 4 heteroatoms. The number of hydrogen-bond donors (Lipinski definition) is 0. The Hall–Kier alpha value is -1.13. The molecule has 18 heavy (non-hydrogen) atoms. The van der Waals surface area contributed by atoms with Gasteiger partial charge in [-0.3, -0.25) is 9.69 Å². The Labute approximate surface area is 109 Å². The predicted octanol–water partition coefficient (Wildman–Crippen LogP) is 1.87. The quantitative estimate of drug-likeness (QED) is 0.748. The topological polar surface area (TPSA) is 36.7 Å². The van der Waals surface area contributed by atoms with Crippen molar-refractivity contribution in [3.05, 3.63) is 23.7 Å². The third kappa shape index (κ3) is 3.68. The van der Waals surface area contributed by atoms with Gasteiger partial charge < -0.3 is 9.32 Å². The first-order chi connectivity index (χ1) is 8.67. The van der Waals surface area contributed by atoms with Crippen molar-refractivity contribution in [3.8, 4) is 0 Å². The lowest BCUT2D eigenvalue weighted by atomic mass is 10.2. The number of aldehydes is 1. The fourth-order valence-electron chi connectivity index (χ4n) is 2.41. The lowest BCUT2D eigenvalue weighted by molar-refractivity contribution is 0.106. The molecule has 2 heterocycles. The highest BCUT2D eigenvalue weighted by molar-refractivity contribution is 5.70. The second kappa shape index (κ2) is 6.16. The summed E-state index contributed by atoms with van der Waals surface area (Å²) in [5.74, 6) is 2.04. The zero-order chi connectivity index (χ0) is 13.0. The lowest BCUT2D eigenvalue weighted by Crippen LogP contribution is -2.46. The van der Waals surface area contributed by atoms with Crippen LogP contribution in [0.25, 0.3) is 0 Å². The molecule has 0 bridgehead atoms. The van der Waals surface area contributed by atoms with Crippen LogP contribution in [0.1, 0.15) is 30.2 Å². The summed E-state index contributed by atoms with van der Waals surface area (Å²) in [5, 5.41) is 0. The molecular weight excluding hydrogens is 228 g/mol. The van der Waals surface area contributed by atoms with Crippen molar-refractivity contribution in [2.24, 2.45) is 5.92 Å². The first kappa shape index (κ1) is 13.3. The van der Waals surface area contributed by atoms with Crippen LogP contribution in [0.15, 0.2) is 16.5 Å². The number of carbonyl (C=O) groups is 1. The third-order valence-corrected chi connectivity index (χ3v) is 3.27. The molecule has 0 saturated carbocycles. The van der Waals surface area contributed by atoms with Crippen LogP contribution in [0.5, 0.6) is 0 Å². The summed E-state index contributed by atoms with van der Waals surface area (Å²) in [4.78, 5) is 15.4. The number of carbonyl (C=O) groups excluding carboxylic acids is 1. The lowest BCUT2D eigenvalue weighted by Gasteiger charge is -2.35. The van der Waals surface area contributed by atoms with Crippen LogP contribution in [-0.2, 0) is 6.54 Å². The van der Waals surface area contributed by atoms with Gasteiger partial charge in [-0.1, -0.05) is 13.8 Å². The zero-order valence-corrected chi connectivity index (χ0v) is 11.3. The zero-order valence-electron chi connectivity index (χ0n) is 11.3. The van der Waals surface area contributed by atoms with Gasteiger partial charge in [0.15, 0.2) is 12.0 Å². The van der Waals surface area contributed by atoms with E-state index in [2.05, 4.69) is 23.6 Å². The van der Waals surface area contributed by atoms with E-state index >= 15 is 0 Å². The maximum atomic E-state index is 10.5. The van der Waals surface area contributed by atoms with Crippen LogP contribution < -0.4 is 0 Å². The molecule has 0 aromatic carbocycles. The average Bonchev–Trinajstić information content (AvgIpc) is 2.79. The largest absolute Gasteiger partial charge is 0.457 e. The molecule has 4 nitrogen and oxygen atoms in total. The van der Waals surface area contributed by atoms with Gasteiger partial charge >= 0.3 is 0 Å². The van der Waals surface area contributed by atoms with Gasteiger partial charge in [0.25, 0.3) is 0 Å². The molecule has 0 aliphatic carbocycles. The maximum Gasteiger partial charge on any atom is 0.185 e. The van der Waals surface area contributed by atoms with Gasteiger partial charge in [-0.2, -0.15) is 0 Å². The number of furan rings is 1. The summed E-state index contributed by atoms with van der Waals surface area (Å²) in [6.07, 6.45) is 0.754. The van der Waals surface area contributed by atoms with Crippen molar-refractivity contribution in [2.45, 2.75) is 20.4 Å². The second-order valence-electron chi connectivity index (χ2n) is 5.39. The Morgan fingerprint density at radius 3 is 2.44 bits per heavy atom. The molecule has 100 valence electrons. The average molecular weight is 250 g/mol. The fraction of sp³-hybridized carbons (Fsp3) is 0.643. The minimum Gasteiger partial charge on any atom is -0.457 e. The van der Waals surface area contributed by atoms with E-state index in [1.54, 1.807) is 6.07 Å². The Morgan fingerprint density at radius 1 is 1.22 bits per heavy atom. The number of hydrogen-bond acceptors (Lipinski definition) is 4. The van der Waals surface area contributed by atoms with Crippen LogP contribution in [-0.4, -0.2) is 48.8 Å². The fourth-order valence-corrected chi connectivity index (χ4v) is 2.41. The van der Waals surface area contributed by atoms with Gasteiger partial charge in [-0.05, 0) is 18.1 Å². The number of piperazine rings is 1. The van der Waals surface area contributed by atoms with Crippen LogP contribution in [0, 0.1) is 5.92 Å². The van der Waals surface area contributed by atoms with E-state index < -0.39 is 0 Å². The Bertz CT molecular complexity index is 379. The molecule has 0 unspecified atom stereocenters. The highest BCUT2D eigenvalue weighted by Gasteiger charge is 2.18. The molecule has 0 N–H and O–H groups in total. The standard InChI is InChI=1S/C14H22N2O2/c1-12(2)9-15-5-7-16(8-6-15)10-13-3-4-14(11-17)18-13/h3-4,11-12H,5-10H2,1-2H3. The minimum atomic E-state index is 0.420.